The van der Waals surface area contributed by atoms with E-state index in [1.54, 1.807) is 28.0 Å². The van der Waals surface area contributed by atoms with Crippen LogP contribution in [0, 0.1) is 18.8 Å². The largest absolute Gasteiger partial charge is 0.435 e. The number of rotatable bonds is 8. The molecule has 3 fully saturated rings. The Balaban J connectivity index is 1.07. The highest BCUT2D eigenvalue weighted by Gasteiger charge is 2.52. The number of hydrogen-bond acceptors (Lipinski definition) is 6. The number of aromatic nitrogens is 4. The highest BCUT2D eigenvalue weighted by atomic mass is 35.5. The molecular weight excluding hydrogens is 530 g/mol. The van der Waals surface area contributed by atoms with Gasteiger partial charge in [0.05, 0.1) is 12.2 Å². The Labute approximate surface area is 228 Å². The summed E-state index contributed by atoms with van der Waals surface area (Å²) in [7, 11) is 0. The van der Waals surface area contributed by atoms with Crippen LogP contribution in [0.25, 0.3) is 0 Å². The molecule has 1 aliphatic heterocycles. The van der Waals surface area contributed by atoms with Crippen LogP contribution < -0.4 is 15.0 Å². The number of piperidine rings is 1. The van der Waals surface area contributed by atoms with Gasteiger partial charge < -0.3 is 10.1 Å². The SMILES string of the molecule is Cc1cc(N2C[C@H]3C[C@H]3C2=O)ncc1[C@H](C)n1cc(C(=O)NC2CC(c3cc(Cl)ccc3OC(F)F)C2)nn1. The Morgan fingerprint density at radius 3 is 2.72 bits per heavy atom. The number of anilines is 1. The van der Waals surface area contributed by atoms with Crippen LogP contribution in [0.15, 0.2) is 36.7 Å². The Morgan fingerprint density at radius 2 is 2.03 bits per heavy atom. The minimum Gasteiger partial charge on any atom is -0.435 e. The summed E-state index contributed by atoms with van der Waals surface area (Å²) < 4.78 is 31.8. The molecule has 9 nitrogen and oxygen atoms in total. The number of nitrogens with zero attached hydrogens (tertiary/aromatic N) is 5. The number of fused-ring (bicyclic) bond motifs is 1. The number of carbonyl (C=O) groups excluding carboxylic acids is 2. The summed E-state index contributed by atoms with van der Waals surface area (Å²) >= 11 is 6.06. The molecule has 3 atom stereocenters. The summed E-state index contributed by atoms with van der Waals surface area (Å²) in [6.07, 6.45) is 5.46. The molecule has 1 aromatic carbocycles. The number of pyridine rings is 1. The van der Waals surface area contributed by atoms with Crippen LogP contribution in [-0.4, -0.2) is 51.0 Å². The summed E-state index contributed by atoms with van der Waals surface area (Å²) in [6, 6.07) is 6.13. The first-order valence-electron chi connectivity index (χ1n) is 12.9. The van der Waals surface area contributed by atoms with Crippen LogP contribution in [0.1, 0.15) is 65.3 Å². The predicted molar refractivity (Wildman–Crippen MR) is 138 cm³/mol. The van der Waals surface area contributed by atoms with Crippen LogP contribution in [0.5, 0.6) is 5.75 Å². The fourth-order valence-electron chi connectivity index (χ4n) is 5.62. The molecule has 0 unspecified atom stereocenters. The van der Waals surface area contributed by atoms with E-state index >= 15 is 0 Å². The van der Waals surface area contributed by atoms with Crippen LogP contribution >= 0.6 is 11.6 Å². The number of ether oxygens (including phenoxy) is 1. The van der Waals surface area contributed by atoms with Gasteiger partial charge in [-0.2, -0.15) is 8.78 Å². The number of halogens is 3. The molecule has 3 aliphatic rings. The normalized spacial score (nSPS) is 24.4. The smallest absolute Gasteiger partial charge is 0.387 e. The number of hydrogen-bond donors (Lipinski definition) is 1. The van der Waals surface area contributed by atoms with Crippen molar-refractivity contribution in [2.24, 2.45) is 11.8 Å². The van der Waals surface area contributed by atoms with Gasteiger partial charge in [0.15, 0.2) is 5.69 Å². The zero-order chi connectivity index (χ0) is 27.4. The molecule has 3 aromatic rings. The van der Waals surface area contributed by atoms with Crippen LogP contribution in [0.3, 0.4) is 0 Å². The van der Waals surface area contributed by atoms with Crippen molar-refractivity contribution in [3.05, 3.63) is 64.1 Å². The lowest BCUT2D eigenvalue weighted by molar-refractivity contribution is -0.118. The van der Waals surface area contributed by atoms with Crippen molar-refractivity contribution in [2.75, 3.05) is 11.4 Å². The summed E-state index contributed by atoms with van der Waals surface area (Å²) in [5.41, 5.74) is 2.67. The lowest BCUT2D eigenvalue weighted by Gasteiger charge is -2.36. The third-order valence-corrected chi connectivity index (χ3v) is 8.26. The zero-order valence-corrected chi connectivity index (χ0v) is 22.1. The average Bonchev–Trinajstić information content (AvgIpc) is 3.32. The molecule has 1 N–H and O–H groups in total. The maximum Gasteiger partial charge on any atom is 0.387 e. The Morgan fingerprint density at radius 1 is 1.23 bits per heavy atom. The van der Waals surface area contributed by atoms with E-state index in [2.05, 4.69) is 25.3 Å². The van der Waals surface area contributed by atoms with E-state index in [0.717, 1.165) is 24.1 Å². The second kappa shape index (κ2) is 9.86. The topological polar surface area (TPSA) is 102 Å². The number of aryl methyl sites for hydroxylation is 1. The van der Waals surface area contributed by atoms with Gasteiger partial charge in [0, 0.05) is 29.7 Å². The van der Waals surface area contributed by atoms with E-state index in [9.17, 15) is 18.4 Å². The van der Waals surface area contributed by atoms with E-state index in [4.69, 9.17) is 11.6 Å². The molecule has 0 spiro atoms. The molecule has 2 saturated carbocycles. The van der Waals surface area contributed by atoms with E-state index < -0.39 is 6.61 Å². The van der Waals surface area contributed by atoms with E-state index in [-0.39, 0.29) is 47.2 Å². The molecule has 12 heteroatoms. The maximum atomic E-state index is 12.8. The molecule has 2 aromatic heterocycles. The fourth-order valence-corrected chi connectivity index (χ4v) is 5.80. The van der Waals surface area contributed by atoms with Crippen LogP contribution in [0.2, 0.25) is 5.02 Å². The van der Waals surface area contributed by atoms with Gasteiger partial charge in [0.25, 0.3) is 5.91 Å². The Hall–Kier alpha value is -3.60. The minimum atomic E-state index is -2.93. The van der Waals surface area contributed by atoms with Gasteiger partial charge in [-0.3, -0.25) is 14.5 Å². The highest BCUT2D eigenvalue weighted by molar-refractivity contribution is 6.30. The van der Waals surface area contributed by atoms with Gasteiger partial charge in [-0.05, 0) is 85.9 Å². The fraction of sp³-hybridized carbons (Fsp3) is 0.444. The number of nitrogens with one attached hydrogen (secondary N) is 1. The van der Waals surface area contributed by atoms with Crippen molar-refractivity contribution < 1.29 is 23.1 Å². The standard InChI is InChI=1S/C27H27ClF2N6O3/c1-13-5-24(35-11-16-8-20(16)26(35)38)31-10-21(13)14(2)36-12-22(33-34-36)25(37)32-18-6-15(7-18)19-9-17(28)3-4-23(19)39-27(29)30/h3-5,9-10,12,14-16,18,20,27H,6-8,11H2,1-2H3,(H,32,37)/t14-,15?,16+,18?,20+/m0/s1. The molecule has 0 bridgehead atoms. The van der Waals surface area contributed by atoms with Crippen molar-refractivity contribution in [2.45, 2.75) is 57.7 Å². The van der Waals surface area contributed by atoms with E-state index in [1.165, 1.54) is 12.1 Å². The number of alkyl halides is 2. The van der Waals surface area contributed by atoms with Gasteiger partial charge in [-0.1, -0.05) is 16.8 Å². The van der Waals surface area contributed by atoms with Crippen LogP contribution in [0.4, 0.5) is 14.6 Å². The van der Waals surface area contributed by atoms with Crippen LogP contribution in [-0.2, 0) is 4.79 Å². The summed E-state index contributed by atoms with van der Waals surface area (Å²) in [5.74, 6) is 1.16. The summed E-state index contributed by atoms with van der Waals surface area (Å²) in [6.45, 7) is 1.71. The first kappa shape index (κ1) is 25.7. The van der Waals surface area contributed by atoms with Crippen molar-refractivity contribution in [1.82, 2.24) is 25.3 Å². The number of carbonyl (C=O) groups is 2. The molecule has 3 heterocycles. The third kappa shape index (κ3) is 4.95. The second-order valence-electron chi connectivity index (χ2n) is 10.6. The summed E-state index contributed by atoms with van der Waals surface area (Å²) in [5, 5.41) is 11.6. The Kier molecular flexibility index (Phi) is 6.49. The summed E-state index contributed by atoms with van der Waals surface area (Å²) in [4.78, 5) is 31.5. The third-order valence-electron chi connectivity index (χ3n) is 8.03. The van der Waals surface area contributed by atoms with E-state index in [0.29, 0.717) is 35.2 Å². The highest BCUT2D eigenvalue weighted by Crippen LogP contribution is 2.47. The molecule has 0 radical (unpaired) electrons. The predicted octanol–water partition coefficient (Wildman–Crippen LogP) is 4.50. The van der Waals surface area contributed by atoms with Crippen molar-refractivity contribution in [1.29, 1.82) is 0 Å². The Bertz CT molecular complexity index is 1440. The van der Waals surface area contributed by atoms with Crippen molar-refractivity contribution in [3.8, 4) is 5.75 Å². The molecule has 204 valence electrons. The first-order valence-corrected chi connectivity index (χ1v) is 13.3. The van der Waals surface area contributed by atoms with E-state index in [1.807, 2.05) is 19.9 Å². The molecule has 39 heavy (non-hydrogen) atoms. The van der Waals surface area contributed by atoms with Gasteiger partial charge in [-0.25, -0.2) is 9.67 Å². The average molecular weight is 557 g/mol. The minimum absolute atomic E-state index is 0.0569. The lowest BCUT2D eigenvalue weighted by Crippen LogP contribution is -2.43. The first-order chi connectivity index (χ1) is 18.7. The number of benzene rings is 1. The molecule has 1 saturated heterocycles. The van der Waals surface area contributed by atoms with Gasteiger partial charge >= 0.3 is 6.61 Å². The van der Waals surface area contributed by atoms with Gasteiger partial charge in [-0.15, -0.1) is 5.10 Å². The molecule has 2 aliphatic carbocycles. The van der Waals surface area contributed by atoms with Gasteiger partial charge in [0.2, 0.25) is 5.91 Å². The maximum absolute atomic E-state index is 12.8. The molecular formula is C27H27ClF2N6O3. The quantitative estimate of drug-likeness (QED) is 0.438. The van der Waals surface area contributed by atoms with Crippen molar-refractivity contribution in [3.63, 3.8) is 0 Å². The molecule has 2 amide bonds. The van der Waals surface area contributed by atoms with Gasteiger partial charge in [0.1, 0.15) is 11.6 Å². The number of amides is 2. The second-order valence-corrected chi connectivity index (χ2v) is 11.0. The van der Waals surface area contributed by atoms with Crippen molar-refractivity contribution >= 4 is 29.2 Å². The monoisotopic (exact) mass is 556 g/mol. The molecule has 6 rings (SSSR count). The zero-order valence-electron chi connectivity index (χ0n) is 21.4. The lowest BCUT2D eigenvalue weighted by atomic mass is 9.75.